The van der Waals surface area contributed by atoms with Crippen LogP contribution in [0.2, 0.25) is 0 Å². The molecule has 1 amide bonds. The average Bonchev–Trinajstić information content (AvgIpc) is 2.29. The Kier molecular flexibility index (Phi) is 3.12. The summed E-state index contributed by atoms with van der Waals surface area (Å²) in [5, 5.41) is 0. The van der Waals surface area contributed by atoms with Gasteiger partial charge in [-0.15, -0.1) is 0 Å². The highest BCUT2D eigenvalue weighted by atomic mass is 19.4. The molecule has 1 saturated heterocycles. The zero-order valence-electron chi connectivity index (χ0n) is 8.34. The zero-order chi connectivity index (χ0) is 10.9. The molecular weight excluding hydrogens is 194 g/mol. The standard InChI is InChI=1S/C8H14BF3NO/c1-6(2)7-3-8(14)13(4-7)5-9(10,11)12/h6-7H,3-5H2,1-2H3/q-1. The van der Waals surface area contributed by atoms with Gasteiger partial charge < -0.3 is 17.8 Å². The molecule has 1 unspecified atom stereocenters. The summed E-state index contributed by atoms with van der Waals surface area (Å²) in [6, 6.07) is 0. The molecule has 1 atom stereocenters. The predicted molar refractivity (Wildman–Crippen MR) is 48.6 cm³/mol. The topological polar surface area (TPSA) is 20.3 Å². The largest absolute Gasteiger partial charge is 0.497 e. The fourth-order valence-electron chi connectivity index (χ4n) is 1.68. The van der Waals surface area contributed by atoms with Gasteiger partial charge in [-0.05, 0) is 18.3 Å². The molecule has 1 aliphatic heterocycles. The van der Waals surface area contributed by atoms with Crippen molar-refractivity contribution in [2.24, 2.45) is 11.8 Å². The van der Waals surface area contributed by atoms with Crippen LogP contribution in [-0.2, 0) is 4.79 Å². The average molecular weight is 208 g/mol. The molecule has 14 heavy (non-hydrogen) atoms. The molecule has 0 spiro atoms. The molecule has 0 saturated carbocycles. The van der Waals surface area contributed by atoms with Crippen LogP contribution in [0.4, 0.5) is 12.9 Å². The highest BCUT2D eigenvalue weighted by molar-refractivity contribution is 6.58. The molecule has 0 aromatic rings. The van der Waals surface area contributed by atoms with Crippen LogP contribution in [0, 0.1) is 11.8 Å². The molecule has 0 N–H and O–H groups in total. The number of nitrogens with zero attached hydrogens (tertiary/aromatic N) is 1. The third kappa shape index (κ3) is 2.92. The summed E-state index contributed by atoms with van der Waals surface area (Å²) in [7, 11) is 0. The number of halogens is 3. The molecule has 1 rings (SSSR count). The Hall–Kier alpha value is -0.675. The second kappa shape index (κ2) is 3.83. The van der Waals surface area contributed by atoms with E-state index < -0.39 is 13.4 Å². The molecule has 0 aliphatic carbocycles. The third-order valence-electron chi connectivity index (χ3n) is 2.61. The van der Waals surface area contributed by atoms with E-state index in [1.807, 2.05) is 13.8 Å². The Morgan fingerprint density at radius 3 is 2.43 bits per heavy atom. The van der Waals surface area contributed by atoms with Crippen molar-refractivity contribution in [3.63, 3.8) is 0 Å². The first-order valence-electron chi connectivity index (χ1n) is 4.78. The second-order valence-corrected chi connectivity index (χ2v) is 4.22. The third-order valence-corrected chi connectivity index (χ3v) is 2.61. The van der Waals surface area contributed by atoms with Crippen molar-refractivity contribution in [3.8, 4) is 0 Å². The summed E-state index contributed by atoms with van der Waals surface area (Å²) >= 11 is 0. The van der Waals surface area contributed by atoms with Crippen molar-refractivity contribution in [3.05, 3.63) is 0 Å². The minimum absolute atomic E-state index is 0.0839. The lowest BCUT2D eigenvalue weighted by Crippen LogP contribution is -2.39. The maximum Gasteiger partial charge on any atom is 0.497 e. The first-order chi connectivity index (χ1) is 6.29. The van der Waals surface area contributed by atoms with E-state index in [0.29, 0.717) is 0 Å². The zero-order valence-corrected chi connectivity index (χ0v) is 8.34. The smallest absolute Gasteiger partial charge is 0.448 e. The van der Waals surface area contributed by atoms with Crippen molar-refractivity contribution < 1.29 is 17.7 Å². The Morgan fingerprint density at radius 1 is 1.50 bits per heavy atom. The summed E-state index contributed by atoms with van der Waals surface area (Å²) < 4.78 is 36.2. The van der Waals surface area contributed by atoms with Crippen LogP contribution in [0.3, 0.4) is 0 Å². The van der Waals surface area contributed by atoms with Gasteiger partial charge in [-0.2, -0.15) is 0 Å². The molecule has 6 heteroatoms. The van der Waals surface area contributed by atoms with Crippen LogP contribution in [0.25, 0.3) is 0 Å². The minimum atomic E-state index is -4.88. The summed E-state index contributed by atoms with van der Waals surface area (Å²) in [4.78, 5) is 12.1. The van der Waals surface area contributed by atoms with Crippen LogP contribution in [-0.4, -0.2) is 30.8 Å². The van der Waals surface area contributed by atoms with Crippen molar-refractivity contribution >= 4 is 12.9 Å². The van der Waals surface area contributed by atoms with E-state index in [1.54, 1.807) is 0 Å². The minimum Gasteiger partial charge on any atom is -0.448 e. The van der Waals surface area contributed by atoms with Crippen molar-refractivity contribution in [2.75, 3.05) is 13.0 Å². The summed E-state index contributed by atoms with van der Waals surface area (Å²) in [6.07, 6.45) is -0.772. The van der Waals surface area contributed by atoms with Gasteiger partial charge in [0, 0.05) is 13.0 Å². The second-order valence-electron chi connectivity index (χ2n) is 4.22. The van der Waals surface area contributed by atoms with E-state index in [9.17, 15) is 17.7 Å². The number of likely N-dealkylation sites (tertiary alicyclic amines) is 1. The SMILES string of the molecule is CC(C)C1CC(=O)N(C[B-](F)(F)F)C1. The fraction of sp³-hybridized carbons (Fsp3) is 0.875. The van der Waals surface area contributed by atoms with Crippen molar-refractivity contribution in [2.45, 2.75) is 20.3 Å². The quantitative estimate of drug-likeness (QED) is 0.648. The first-order valence-corrected chi connectivity index (χ1v) is 4.78. The van der Waals surface area contributed by atoms with E-state index in [0.717, 1.165) is 4.90 Å². The van der Waals surface area contributed by atoms with Crippen LogP contribution in [0.15, 0.2) is 0 Å². The molecule has 0 radical (unpaired) electrons. The highest BCUT2D eigenvalue weighted by Crippen LogP contribution is 2.26. The number of hydrogen-bond acceptors (Lipinski definition) is 1. The Labute approximate surface area is 81.5 Å². The first kappa shape index (κ1) is 11.4. The Morgan fingerprint density at radius 2 is 2.07 bits per heavy atom. The number of carbonyl (C=O) groups excluding carboxylic acids is 1. The van der Waals surface area contributed by atoms with Crippen molar-refractivity contribution in [1.82, 2.24) is 4.90 Å². The number of hydrogen-bond donors (Lipinski definition) is 0. The van der Waals surface area contributed by atoms with Crippen LogP contribution in [0.5, 0.6) is 0 Å². The van der Waals surface area contributed by atoms with Gasteiger partial charge in [0.2, 0.25) is 5.91 Å². The normalized spacial score (nSPS) is 23.7. The molecule has 2 nitrogen and oxygen atoms in total. The summed E-state index contributed by atoms with van der Waals surface area (Å²) in [5.74, 6) is -0.00627. The molecule has 1 heterocycles. The van der Waals surface area contributed by atoms with Gasteiger partial charge in [0.15, 0.2) is 0 Å². The molecule has 1 aliphatic rings. The molecule has 0 aromatic heterocycles. The molecular formula is C8H14BF3NO-. The van der Waals surface area contributed by atoms with E-state index in [-0.39, 0.29) is 30.7 Å². The number of amides is 1. The highest BCUT2D eigenvalue weighted by Gasteiger charge is 2.36. The predicted octanol–water partition coefficient (Wildman–Crippen LogP) is 1.88. The molecule has 1 fully saturated rings. The van der Waals surface area contributed by atoms with Crippen LogP contribution in [0.1, 0.15) is 20.3 Å². The fourth-order valence-corrected chi connectivity index (χ4v) is 1.68. The maximum atomic E-state index is 12.1. The Bertz CT molecular complexity index is 229. The Balaban J connectivity index is 2.53. The number of carbonyl (C=O) groups is 1. The van der Waals surface area contributed by atoms with E-state index in [2.05, 4.69) is 0 Å². The van der Waals surface area contributed by atoms with Gasteiger partial charge in [-0.1, -0.05) is 13.8 Å². The van der Waals surface area contributed by atoms with E-state index in [4.69, 9.17) is 0 Å². The van der Waals surface area contributed by atoms with Gasteiger partial charge in [0.25, 0.3) is 0 Å². The van der Waals surface area contributed by atoms with E-state index in [1.165, 1.54) is 0 Å². The van der Waals surface area contributed by atoms with E-state index >= 15 is 0 Å². The molecule has 82 valence electrons. The van der Waals surface area contributed by atoms with Crippen LogP contribution < -0.4 is 0 Å². The number of rotatable bonds is 3. The van der Waals surface area contributed by atoms with Gasteiger partial charge in [0.1, 0.15) is 0 Å². The van der Waals surface area contributed by atoms with Gasteiger partial charge in [-0.3, -0.25) is 4.79 Å². The van der Waals surface area contributed by atoms with Gasteiger partial charge >= 0.3 is 6.98 Å². The maximum absolute atomic E-state index is 12.1. The van der Waals surface area contributed by atoms with Gasteiger partial charge in [0.05, 0.1) is 0 Å². The lowest BCUT2D eigenvalue weighted by molar-refractivity contribution is -0.127. The molecule has 0 aromatic carbocycles. The van der Waals surface area contributed by atoms with Crippen LogP contribution >= 0.6 is 0 Å². The lowest BCUT2D eigenvalue weighted by Gasteiger charge is -2.24. The monoisotopic (exact) mass is 208 g/mol. The summed E-state index contributed by atoms with van der Waals surface area (Å²) in [6.45, 7) is -0.759. The molecule has 0 bridgehead atoms. The van der Waals surface area contributed by atoms with Gasteiger partial charge in [-0.25, -0.2) is 0 Å². The lowest BCUT2D eigenvalue weighted by atomic mass is 9.91. The van der Waals surface area contributed by atoms with Crippen molar-refractivity contribution in [1.29, 1.82) is 0 Å². The summed E-state index contributed by atoms with van der Waals surface area (Å²) in [5.41, 5.74) is 0.